The largest absolute Gasteiger partial charge is 0.496 e. The van der Waals surface area contributed by atoms with E-state index in [0.717, 1.165) is 37.2 Å². The first-order chi connectivity index (χ1) is 10.1. The molecule has 1 heterocycles. The van der Waals surface area contributed by atoms with Crippen LogP contribution in [0.1, 0.15) is 31.7 Å². The lowest BCUT2D eigenvalue weighted by molar-refractivity contribution is -0.133. The fraction of sp³-hybridized carbons (Fsp3) is 0.562. The number of halogens is 1. The number of rotatable bonds is 5. The van der Waals surface area contributed by atoms with Crippen LogP contribution in [-0.2, 0) is 11.3 Å². The van der Waals surface area contributed by atoms with Gasteiger partial charge in [-0.2, -0.15) is 0 Å². The van der Waals surface area contributed by atoms with E-state index in [-0.39, 0.29) is 11.9 Å². The molecule has 5 heteroatoms. The molecule has 1 aromatic carbocycles. The SMILES string of the molecule is COc1cccc(Cl)c1CNC(C)C(=O)N1CCCCC1. The second kappa shape index (κ2) is 7.66. The highest BCUT2D eigenvalue weighted by molar-refractivity contribution is 6.31. The van der Waals surface area contributed by atoms with Crippen molar-refractivity contribution in [1.82, 2.24) is 10.2 Å². The van der Waals surface area contributed by atoms with Crippen LogP contribution < -0.4 is 10.1 Å². The summed E-state index contributed by atoms with van der Waals surface area (Å²) < 4.78 is 5.32. The fourth-order valence-electron chi connectivity index (χ4n) is 2.63. The van der Waals surface area contributed by atoms with Crippen LogP contribution in [0.3, 0.4) is 0 Å². The minimum absolute atomic E-state index is 0.167. The Labute approximate surface area is 131 Å². The normalized spacial score (nSPS) is 16.6. The Morgan fingerprint density at radius 3 is 2.76 bits per heavy atom. The molecule has 1 atom stereocenters. The Hall–Kier alpha value is -1.26. The van der Waals surface area contributed by atoms with Crippen molar-refractivity contribution in [2.24, 2.45) is 0 Å². The smallest absolute Gasteiger partial charge is 0.239 e. The number of hydrogen-bond acceptors (Lipinski definition) is 3. The average molecular weight is 311 g/mol. The maximum Gasteiger partial charge on any atom is 0.239 e. The van der Waals surface area contributed by atoms with E-state index < -0.39 is 0 Å². The standard InChI is InChI=1S/C16H23ClN2O2/c1-12(16(20)19-9-4-3-5-10-19)18-11-13-14(17)7-6-8-15(13)21-2/h6-8,12,18H,3-5,9-11H2,1-2H3. The minimum Gasteiger partial charge on any atom is -0.496 e. The Morgan fingerprint density at radius 1 is 1.38 bits per heavy atom. The van der Waals surface area contributed by atoms with Gasteiger partial charge in [-0.25, -0.2) is 0 Å². The molecule has 0 radical (unpaired) electrons. The maximum atomic E-state index is 12.4. The van der Waals surface area contributed by atoms with Crippen molar-refractivity contribution in [1.29, 1.82) is 0 Å². The van der Waals surface area contributed by atoms with Gasteiger partial charge >= 0.3 is 0 Å². The molecule has 4 nitrogen and oxygen atoms in total. The van der Waals surface area contributed by atoms with Gasteiger partial charge in [0, 0.05) is 30.2 Å². The van der Waals surface area contributed by atoms with Gasteiger partial charge < -0.3 is 15.0 Å². The van der Waals surface area contributed by atoms with Crippen molar-refractivity contribution in [3.8, 4) is 5.75 Å². The number of nitrogens with zero attached hydrogens (tertiary/aromatic N) is 1. The third-order valence-electron chi connectivity index (χ3n) is 3.92. The number of nitrogens with one attached hydrogen (secondary N) is 1. The van der Waals surface area contributed by atoms with Gasteiger partial charge in [-0.05, 0) is 38.3 Å². The summed E-state index contributed by atoms with van der Waals surface area (Å²) in [5, 5.41) is 3.91. The molecule has 1 saturated heterocycles. The maximum absolute atomic E-state index is 12.4. The molecule has 1 aromatic rings. The molecule has 0 saturated carbocycles. The molecule has 1 unspecified atom stereocenters. The van der Waals surface area contributed by atoms with Crippen molar-refractivity contribution in [3.63, 3.8) is 0 Å². The zero-order chi connectivity index (χ0) is 15.2. The van der Waals surface area contributed by atoms with Gasteiger partial charge in [-0.15, -0.1) is 0 Å². The zero-order valence-electron chi connectivity index (χ0n) is 12.7. The number of amides is 1. The van der Waals surface area contributed by atoms with E-state index in [1.165, 1.54) is 6.42 Å². The van der Waals surface area contributed by atoms with Crippen molar-refractivity contribution < 1.29 is 9.53 Å². The van der Waals surface area contributed by atoms with Crippen molar-refractivity contribution in [3.05, 3.63) is 28.8 Å². The van der Waals surface area contributed by atoms with Gasteiger partial charge in [0.2, 0.25) is 5.91 Å². The van der Waals surface area contributed by atoms with Gasteiger partial charge in [-0.1, -0.05) is 17.7 Å². The van der Waals surface area contributed by atoms with Crippen LogP contribution in [0.25, 0.3) is 0 Å². The van der Waals surface area contributed by atoms with E-state index in [1.807, 2.05) is 30.0 Å². The molecular formula is C16H23ClN2O2. The molecule has 1 N–H and O–H groups in total. The van der Waals surface area contributed by atoms with Gasteiger partial charge in [-0.3, -0.25) is 4.79 Å². The van der Waals surface area contributed by atoms with Crippen LogP contribution in [-0.4, -0.2) is 37.0 Å². The molecule has 0 aromatic heterocycles. The first-order valence-corrected chi connectivity index (χ1v) is 7.85. The Morgan fingerprint density at radius 2 is 2.10 bits per heavy atom. The molecule has 21 heavy (non-hydrogen) atoms. The lowest BCUT2D eigenvalue weighted by Crippen LogP contribution is -2.46. The molecule has 116 valence electrons. The Kier molecular flexibility index (Phi) is 5.88. The number of piperidine rings is 1. The van der Waals surface area contributed by atoms with Gasteiger partial charge in [0.15, 0.2) is 0 Å². The van der Waals surface area contributed by atoms with Gasteiger partial charge in [0.25, 0.3) is 0 Å². The van der Waals surface area contributed by atoms with Crippen molar-refractivity contribution in [2.45, 2.75) is 38.8 Å². The second-order valence-corrected chi connectivity index (χ2v) is 5.82. The molecule has 2 rings (SSSR count). The number of benzene rings is 1. The molecule has 1 aliphatic heterocycles. The predicted molar refractivity (Wildman–Crippen MR) is 84.7 cm³/mol. The predicted octanol–water partition coefficient (Wildman–Crippen LogP) is 2.84. The van der Waals surface area contributed by atoms with E-state index in [4.69, 9.17) is 16.3 Å². The van der Waals surface area contributed by atoms with Crippen molar-refractivity contribution in [2.75, 3.05) is 20.2 Å². The molecule has 1 amide bonds. The molecule has 0 spiro atoms. The first-order valence-electron chi connectivity index (χ1n) is 7.47. The average Bonchev–Trinajstić information content (AvgIpc) is 2.53. The van der Waals surface area contributed by atoms with E-state index in [1.54, 1.807) is 7.11 Å². The van der Waals surface area contributed by atoms with E-state index in [2.05, 4.69) is 5.32 Å². The first kappa shape index (κ1) is 16.1. The number of ether oxygens (including phenoxy) is 1. The monoisotopic (exact) mass is 310 g/mol. The van der Waals surface area contributed by atoms with Crippen LogP contribution >= 0.6 is 11.6 Å². The van der Waals surface area contributed by atoms with Crippen LogP contribution in [0, 0.1) is 0 Å². The quantitative estimate of drug-likeness (QED) is 0.909. The molecular weight excluding hydrogens is 288 g/mol. The minimum atomic E-state index is -0.218. The summed E-state index contributed by atoms with van der Waals surface area (Å²) >= 11 is 6.20. The topological polar surface area (TPSA) is 41.6 Å². The van der Waals surface area contributed by atoms with Gasteiger partial charge in [0.1, 0.15) is 5.75 Å². The summed E-state index contributed by atoms with van der Waals surface area (Å²) in [6, 6.07) is 5.34. The molecule has 1 aliphatic rings. The third kappa shape index (κ3) is 4.11. The molecule has 1 fully saturated rings. The van der Waals surface area contributed by atoms with Crippen molar-refractivity contribution >= 4 is 17.5 Å². The Bertz CT molecular complexity index is 487. The highest BCUT2D eigenvalue weighted by Gasteiger charge is 2.22. The number of carbonyl (C=O) groups is 1. The summed E-state index contributed by atoms with van der Waals surface area (Å²) in [7, 11) is 1.62. The van der Waals surface area contributed by atoms with Crippen LogP contribution in [0.2, 0.25) is 5.02 Å². The van der Waals surface area contributed by atoms with E-state index in [0.29, 0.717) is 11.6 Å². The Balaban J connectivity index is 1.94. The highest BCUT2D eigenvalue weighted by atomic mass is 35.5. The lowest BCUT2D eigenvalue weighted by atomic mass is 10.1. The fourth-order valence-corrected chi connectivity index (χ4v) is 2.86. The van der Waals surface area contributed by atoms with Crippen LogP contribution in [0.5, 0.6) is 5.75 Å². The number of likely N-dealkylation sites (tertiary alicyclic amines) is 1. The molecule has 0 aliphatic carbocycles. The number of hydrogen-bond donors (Lipinski definition) is 1. The summed E-state index contributed by atoms with van der Waals surface area (Å²) in [6.45, 7) is 4.17. The van der Waals surface area contributed by atoms with Crippen LogP contribution in [0.4, 0.5) is 0 Å². The summed E-state index contributed by atoms with van der Waals surface area (Å²) in [5.74, 6) is 0.911. The second-order valence-electron chi connectivity index (χ2n) is 5.41. The van der Waals surface area contributed by atoms with Gasteiger partial charge in [0.05, 0.1) is 13.2 Å². The third-order valence-corrected chi connectivity index (χ3v) is 4.27. The van der Waals surface area contributed by atoms with E-state index in [9.17, 15) is 4.79 Å². The summed E-state index contributed by atoms with van der Waals surface area (Å²) in [6.07, 6.45) is 3.44. The van der Waals surface area contributed by atoms with E-state index >= 15 is 0 Å². The number of carbonyl (C=O) groups excluding carboxylic acids is 1. The zero-order valence-corrected chi connectivity index (χ0v) is 13.4. The summed E-state index contributed by atoms with van der Waals surface area (Å²) in [4.78, 5) is 14.3. The van der Waals surface area contributed by atoms with Crippen LogP contribution in [0.15, 0.2) is 18.2 Å². The lowest BCUT2D eigenvalue weighted by Gasteiger charge is -2.29. The summed E-state index contributed by atoms with van der Waals surface area (Å²) in [5.41, 5.74) is 0.889. The number of methoxy groups -OCH3 is 1. The highest BCUT2D eigenvalue weighted by Crippen LogP contribution is 2.26. The molecule has 0 bridgehead atoms.